The van der Waals surface area contributed by atoms with Crippen molar-refractivity contribution in [1.29, 1.82) is 0 Å². The molecule has 1 aromatic heterocycles. The molecule has 1 fully saturated rings. The van der Waals surface area contributed by atoms with E-state index in [0.717, 1.165) is 23.3 Å². The molecule has 2 heterocycles. The van der Waals surface area contributed by atoms with E-state index in [0.29, 0.717) is 5.92 Å². The molecule has 0 unspecified atom stereocenters. The lowest BCUT2D eigenvalue weighted by Crippen LogP contribution is -2.01. The van der Waals surface area contributed by atoms with Gasteiger partial charge in [0.25, 0.3) is 0 Å². The Balaban J connectivity index is 1.66. The first kappa shape index (κ1) is 12.3. The summed E-state index contributed by atoms with van der Waals surface area (Å²) >= 11 is 0. The fourth-order valence-electron chi connectivity index (χ4n) is 2.65. The monoisotopic (exact) mass is 275 g/mol. The van der Waals surface area contributed by atoms with Crippen molar-refractivity contribution < 1.29 is 0 Å². The maximum absolute atomic E-state index is 4.47. The maximum Gasteiger partial charge on any atom is 0.130 e. The third kappa shape index (κ3) is 2.47. The van der Waals surface area contributed by atoms with E-state index in [1.54, 1.807) is 0 Å². The van der Waals surface area contributed by atoms with Crippen molar-refractivity contribution in [3.63, 3.8) is 0 Å². The number of hydrogen-bond donors (Lipinski definition) is 1. The van der Waals surface area contributed by atoms with Gasteiger partial charge in [-0.15, -0.1) is 0 Å². The number of hydrogen-bond acceptors (Lipinski definition) is 3. The average molecular weight is 275 g/mol. The largest absolute Gasteiger partial charge is 0.344 e. The number of aliphatic imine (C=N–C) groups is 1. The van der Waals surface area contributed by atoms with Crippen LogP contribution in [0, 0.1) is 5.92 Å². The van der Waals surface area contributed by atoms with Crippen LogP contribution in [0.3, 0.4) is 0 Å². The highest BCUT2D eigenvalue weighted by molar-refractivity contribution is 5.91. The fraction of sp³-hybridized carbons (Fsp3) is 0.222. The van der Waals surface area contributed by atoms with Crippen LogP contribution in [0.1, 0.15) is 24.8 Å². The molecule has 1 aliphatic heterocycles. The molecule has 0 atom stereocenters. The van der Waals surface area contributed by atoms with Gasteiger partial charge in [0.1, 0.15) is 5.82 Å². The van der Waals surface area contributed by atoms with Crippen LogP contribution in [-0.2, 0) is 0 Å². The molecule has 21 heavy (non-hydrogen) atoms. The Kier molecular flexibility index (Phi) is 2.85. The molecular weight excluding hydrogens is 258 g/mol. The first-order valence-corrected chi connectivity index (χ1v) is 7.36. The Hall–Kier alpha value is -2.42. The molecule has 0 saturated heterocycles. The van der Waals surface area contributed by atoms with Gasteiger partial charge in [0.05, 0.1) is 0 Å². The highest BCUT2D eigenvalue weighted by Gasteiger charge is 2.24. The van der Waals surface area contributed by atoms with Crippen LogP contribution >= 0.6 is 0 Å². The molecular formula is C18H17N3. The summed E-state index contributed by atoms with van der Waals surface area (Å²) in [6, 6.07) is 8.57. The van der Waals surface area contributed by atoms with Gasteiger partial charge in [-0.1, -0.05) is 18.7 Å². The van der Waals surface area contributed by atoms with E-state index in [2.05, 4.69) is 46.1 Å². The zero-order valence-corrected chi connectivity index (χ0v) is 11.8. The van der Waals surface area contributed by atoms with Crippen molar-refractivity contribution in [3.05, 3.63) is 54.5 Å². The Morgan fingerprint density at radius 3 is 2.86 bits per heavy atom. The van der Waals surface area contributed by atoms with E-state index in [1.807, 2.05) is 18.6 Å². The topological polar surface area (TPSA) is 37.3 Å². The fourth-order valence-corrected chi connectivity index (χ4v) is 2.65. The van der Waals surface area contributed by atoms with Gasteiger partial charge in [0, 0.05) is 36.1 Å². The van der Waals surface area contributed by atoms with E-state index in [9.17, 15) is 0 Å². The second kappa shape index (κ2) is 4.85. The zero-order chi connectivity index (χ0) is 14.2. The molecule has 1 saturated carbocycles. The van der Waals surface area contributed by atoms with Crippen LogP contribution in [0.4, 0.5) is 5.82 Å². The van der Waals surface area contributed by atoms with Gasteiger partial charge >= 0.3 is 0 Å². The van der Waals surface area contributed by atoms with E-state index in [4.69, 9.17) is 0 Å². The first-order chi connectivity index (χ1) is 10.3. The van der Waals surface area contributed by atoms with Gasteiger partial charge in [-0.05, 0) is 47.4 Å². The third-order valence-electron chi connectivity index (χ3n) is 4.10. The summed E-state index contributed by atoms with van der Waals surface area (Å²) in [5, 5.41) is 5.69. The average Bonchev–Trinajstić information content (AvgIpc) is 3.22. The van der Waals surface area contributed by atoms with Gasteiger partial charge in [-0.25, -0.2) is 4.98 Å². The molecule has 0 amide bonds. The SMILES string of the molecule is C=C(Nc1cc2cc(C3=CN=CC3)ccc2cn1)C1CC1. The smallest absolute Gasteiger partial charge is 0.130 e. The molecule has 3 heteroatoms. The Morgan fingerprint density at radius 2 is 2.10 bits per heavy atom. The number of anilines is 1. The lowest BCUT2D eigenvalue weighted by molar-refractivity contribution is 1.01. The quantitative estimate of drug-likeness (QED) is 0.898. The summed E-state index contributed by atoms with van der Waals surface area (Å²) in [5.41, 5.74) is 3.59. The van der Waals surface area contributed by atoms with Crippen LogP contribution in [0.15, 0.2) is 53.9 Å². The first-order valence-electron chi connectivity index (χ1n) is 7.36. The lowest BCUT2D eigenvalue weighted by Gasteiger charge is -2.09. The van der Waals surface area contributed by atoms with E-state index < -0.39 is 0 Å². The van der Waals surface area contributed by atoms with Crippen molar-refractivity contribution in [1.82, 2.24) is 4.98 Å². The van der Waals surface area contributed by atoms with Gasteiger partial charge in [0.2, 0.25) is 0 Å². The molecule has 3 nitrogen and oxygen atoms in total. The molecule has 1 aromatic carbocycles. The number of allylic oxidation sites excluding steroid dienone is 2. The van der Waals surface area contributed by atoms with Crippen molar-refractivity contribution in [3.8, 4) is 0 Å². The highest BCUT2D eigenvalue weighted by Crippen LogP contribution is 2.35. The maximum atomic E-state index is 4.47. The standard InChI is InChI=1S/C18H17N3/c1-12(13-2-3-13)21-18-9-17-8-14(16-6-7-19-10-16)4-5-15(17)11-20-18/h4-5,7-11,13H,1-3,6H2,(H,20,21). The van der Waals surface area contributed by atoms with Gasteiger partial charge < -0.3 is 5.32 Å². The number of benzene rings is 1. The van der Waals surface area contributed by atoms with Gasteiger partial charge in [-0.3, -0.25) is 4.99 Å². The summed E-state index contributed by atoms with van der Waals surface area (Å²) in [4.78, 5) is 8.65. The van der Waals surface area contributed by atoms with Crippen LogP contribution in [0.25, 0.3) is 16.3 Å². The molecule has 4 rings (SSSR count). The summed E-state index contributed by atoms with van der Waals surface area (Å²) in [6.45, 7) is 4.10. The number of nitrogens with one attached hydrogen (secondary N) is 1. The molecule has 0 radical (unpaired) electrons. The highest BCUT2D eigenvalue weighted by atomic mass is 15.0. The van der Waals surface area contributed by atoms with E-state index in [1.165, 1.54) is 29.4 Å². The third-order valence-corrected chi connectivity index (χ3v) is 4.10. The van der Waals surface area contributed by atoms with Crippen LogP contribution in [-0.4, -0.2) is 11.2 Å². The van der Waals surface area contributed by atoms with Gasteiger partial charge in [-0.2, -0.15) is 0 Å². The van der Waals surface area contributed by atoms with Crippen LogP contribution in [0.2, 0.25) is 0 Å². The van der Waals surface area contributed by atoms with Crippen molar-refractivity contribution in [2.24, 2.45) is 10.9 Å². The van der Waals surface area contributed by atoms with E-state index in [-0.39, 0.29) is 0 Å². The normalized spacial score (nSPS) is 17.0. The molecule has 104 valence electrons. The minimum Gasteiger partial charge on any atom is -0.344 e. The Morgan fingerprint density at radius 1 is 1.19 bits per heavy atom. The van der Waals surface area contributed by atoms with Gasteiger partial charge in [0.15, 0.2) is 0 Å². The summed E-state index contributed by atoms with van der Waals surface area (Å²) in [6.07, 6.45) is 9.21. The van der Waals surface area contributed by atoms with Crippen molar-refractivity contribution in [2.45, 2.75) is 19.3 Å². The van der Waals surface area contributed by atoms with Crippen LogP contribution in [0.5, 0.6) is 0 Å². The molecule has 0 spiro atoms. The minimum atomic E-state index is 0.634. The Bertz CT molecular complexity index is 782. The molecule has 2 aromatic rings. The molecule has 2 aliphatic rings. The second-order valence-electron chi connectivity index (χ2n) is 5.75. The number of pyridine rings is 1. The molecule has 1 N–H and O–H groups in total. The summed E-state index contributed by atoms with van der Waals surface area (Å²) in [5.74, 6) is 1.52. The zero-order valence-electron chi connectivity index (χ0n) is 11.8. The van der Waals surface area contributed by atoms with Crippen molar-refractivity contribution in [2.75, 3.05) is 5.32 Å². The predicted octanol–water partition coefficient (Wildman–Crippen LogP) is 4.39. The number of aromatic nitrogens is 1. The number of fused-ring (bicyclic) bond motifs is 1. The lowest BCUT2D eigenvalue weighted by atomic mass is 10.0. The summed E-state index contributed by atoms with van der Waals surface area (Å²) < 4.78 is 0. The van der Waals surface area contributed by atoms with Crippen LogP contribution < -0.4 is 5.32 Å². The summed E-state index contributed by atoms with van der Waals surface area (Å²) in [7, 11) is 0. The Labute approximate surface area is 124 Å². The molecule has 1 aliphatic carbocycles. The van der Waals surface area contributed by atoms with Crippen molar-refractivity contribution >= 4 is 28.4 Å². The van der Waals surface area contributed by atoms with E-state index >= 15 is 0 Å². The number of rotatable bonds is 4. The predicted molar refractivity (Wildman–Crippen MR) is 88.3 cm³/mol. The minimum absolute atomic E-state index is 0.634. The second-order valence-corrected chi connectivity index (χ2v) is 5.75. The number of nitrogens with zero attached hydrogens (tertiary/aromatic N) is 2. The molecule has 0 bridgehead atoms.